The van der Waals surface area contributed by atoms with Crippen molar-refractivity contribution in [3.05, 3.63) is 29.6 Å². The number of ether oxygens (including phenoxy) is 1. The zero-order valence-corrected chi connectivity index (χ0v) is 14.4. The first kappa shape index (κ1) is 18.1. The van der Waals surface area contributed by atoms with Crippen LogP contribution in [0.3, 0.4) is 0 Å². The van der Waals surface area contributed by atoms with Crippen LogP contribution >= 0.6 is 0 Å². The van der Waals surface area contributed by atoms with Crippen molar-refractivity contribution in [1.82, 2.24) is 10.3 Å². The van der Waals surface area contributed by atoms with E-state index < -0.39 is 0 Å². The van der Waals surface area contributed by atoms with Crippen LogP contribution in [0.15, 0.2) is 18.3 Å². The second kappa shape index (κ2) is 9.16. The number of aromatic nitrogens is 1. The highest BCUT2D eigenvalue weighted by atomic mass is 16.5. The predicted octanol–water partition coefficient (Wildman–Crippen LogP) is 3.76. The first-order valence-corrected chi connectivity index (χ1v) is 8.46. The number of aryl methyl sites for hydroxylation is 1. The first-order valence-electron chi connectivity index (χ1n) is 8.46. The molecule has 0 aromatic carbocycles. The van der Waals surface area contributed by atoms with E-state index in [0.717, 1.165) is 44.5 Å². The van der Waals surface area contributed by atoms with E-state index in [4.69, 9.17) is 4.74 Å². The summed E-state index contributed by atoms with van der Waals surface area (Å²) in [5.41, 5.74) is 2.33. The Morgan fingerprint density at radius 3 is 2.29 bits per heavy atom. The Morgan fingerprint density at radius 1 is 1.14 bits per heavy atom. The van der Waals surface area contributed by atoms with Crippen LogP contribution in [0, 0.1) is 0 Å². The number of rotatable bonds is 10. The predicted molar refractivity (Wildman–Crippen MR) is 89.7 cm³/mol. The summed E-state index contributed by atoms with van der Waals surface area (Å²) >= 11 is 0. The van der Waals surface area contributed by atoms with Crippen molar-refractivity contribution >= 4 is 0 Å². The smallest absolute Gasteiger partial charge is 0.0833 e. The topological polar surface area (TPSA) is 34.2 Å². The second-order valence-corrected chi connectivity index (χ2v) is 5.53. The molecule has 1 unspecified atom stereocenters. The third-order valence-corrected chi connectivity index (χ3v) is 4.42. The molecule has 0 radical (unpaired) electrons. The van der Waals surface area contributed by atoms with Crippen molar-refractivity contribution < 1.29 is 4.74 Å². The van der Waals surface area contributed by atoms with Crippen LogP contribution in [0.2, 0.25) is 0 Å². The molecular weight excluding hydrogens is 260 g/mol. The lowest BCUT2D eigenvalue weighted by Gasteiger charge is -2.40. The molecule has 0 aliphatic rings. The molecule has 3 nitrogen and oxygen atoms in total. The Kier molecular flexibility index (Phi) is 7.91. The molecule has 0 aliphatic carbocycles. The molecule has 0 bridgehead atoms. The maximum absolute atomic E-state index is 6.17. The van der Waals surface area contributed by atoms with E-state index in [1.165, 1.54) is 5.56 Å². The first-order chi connectivity index (χ1) is 10.2. The van der Waals surface area contributed by atoms with Crippen LogP contribution in [0.1, 0.15) is 58.7 Å². The Bertz CT molecular complexity index is 385. The van der Waals surface area contributed by atoms with Gasteiger partial charge >= 0.3 is 0 Å². The van der Waals surface area contributed by atoms with Gasteiger partial charge in [0.05, 0.1) is 5.60 Å². The fraction of sp³-hybridized carbons (Fsp3) is 0.722. The lowest BCUT2D eigenvalue weighted by Crippen LogP contribution is -2.53. The molecule has 0 saturated carbocycles. The largest absolute Gasteiger partial charge is 0.374 e. The molecule has 1 aromatic heterocycles. The van der Waals surface area contributed by atoms with E-state index in [1.54, 1.807) is 0 Å². The average molecular weight is 292 g/mol. The highest BCUT2D eigenvalue weighted by Crippen LogP contribution is 2.27. The van der Waals surface area contributed by atoms with Gasteiger partial charge in [0, 0.05) is 31.0 Å². The lowest BCUT2D eigenvalue weighted by molar-refractivity contribution is -0.0717. The second-order valence-electron chi connectivity index (χ2n) is 5.53. The standard InChI is InChI=1S/C18H32N2O/c1-6-15-11-12-16(20-14-15)13-17(19-9-4)18(7-2,8-3)21-10-5/h11-12,14,17,19H,6-10,13H2,1-5H3. The molecule has 1 N–H and O–H groups in total. The fourth-order valence-electron chi connectivity index (χ4n) is 3.02. The summed E-state index contributed by atoms with van der Waals surface area (Å²) in [6.45, 7) is 12.5. The SMILES string of the molecule is CCNC(Cc1ccc(CC)cn1)C(CC)(CC)OCC. The van der Waals surface area contributed by atoms with Crippen LogP contribution in [-0.2, 0) is 17.6 Å². The van der Waals surface area contributed by atoms with Crippen LogP contribution in [-0.4, -0.2) is 29.8 Å². The van der Waals surface area contributed by atoms with Crippen LogP contribution in [0.5, 0.6) is 0 Å². The summed E-state index contributed by atoms with van der Waals surface area (Å²) in [6.07, 6.45) is 5.99. The van der Waals surface area contributed by atoms with Crippen LogP contribution < -0.4 is 5.32 Å². The minimum atomic E-state index is -0.101. The monoisotopic (exact) mass is 292 g/mol. The summed E-state index contributed by atoms with van der Waals surface area (Å²) in [6, 6.07) is 4.65. The average Bonchev–Trinajstić information content (AvgIpc) is 2.53. The Labute approximate surface area is 130 Å². The minimum Gasteiger partial charge on any atom is -0.374 e. The molecule has 1 atom stereocenters. The van der Waals surface area contributed by atoms with Gasteiger partial charge in [-0.05, 0) is 44.4 Å². The van der Waals surface area contributed by atoms with Gasteiger partial charge in [0.15, 0.2) is 0 Å². The zero-order chi connectivity index (χ0) is 15.7. The maximum Gasteiger partial charge on any atom is 0.0833 e. The number of hydrogen-bond donors (Lipinski definition) is 1. The van der Waals surface area contributed by atoms with E-state index in [2.05, 4.69) is 57.1 Å². The van der Waals surface area contributed by atoms with Crippen molar-refractivity contribution in [2.45, 2.75) is 71.9 Å². The van der Waals surface area contributed by atoms with Crippen molar-refractivity contribution in [3.63, 3.8) is 0 Å². The van der Waals surface area contributed by atoms with Crippen LogP contribution in [0.25, 0.3) is 0 Å². The highest BCUT2D eigenvalue weighted by molar-refractivity contribution is 5.15. The summed E-state index contributed by atoms with van der Waals surface area (Å²) < 4.78 is 6.17. The van der Waals surface area contributed by atoms with Gasteiger partial charge in [-0.2, -0.15) is 0 Å². The van der Waals surface area contributed by atoms with Crippen molar-refractivity contribution in [2.75, 3.05) is 13.2 Å². The van der Waals surface area contributed by atoms with Gasteiger partial charge in [-0.25, -0.2) is 0 Å². The molecule has 0 aliphatic heterocycles. The van der Waals surface area contributed by atoms with Crippen LogP contribution in [0.4, 0.5) is 0 Å². The molecule has 21 heavy (non-hydrogen) atoms. The summed E-state index contributed by atoms with van der Waals surface area (Å²) in [5.74, 6) is 0. The molecule has 1 rings (SSSR count). The molecule has 3 heteroatoms. The molecule has 120 valence electrons. The number of hydrogen-bond acceptors (Lipinski definition) is 3. The zero-order valence-electron chi connectivity index (χ0n) is 14.4. The lowest BCUT2D eigenvalue weighted by atomic mass is 9.85. The normalized spacial score (nSPS) is 13.4. The van der Waals surface area contributed by atoms with Gasteiger partial charge in [0.1, 0.15) is 0 Å². The number of nitrogens with one attached hydrogen (secondary N) is 1. The molecule has 1 heterocycles. The van der Waals surface area contributed by atoms with E-state index in [1.807, 2.05) is 6.20 Å². The minimum absolute atomic E-state index is 0.101. The molecule has 0 spiro atoms. The Morgan fingerprint density at radius 2 is 1.86 bits per heavy atom. The van der Waals surface area contributed by atoms with Gasteiger partial charge in [0.2, 0.25) is 0 Å². The van der Waals surface area contributed by atoms with E-state index in [-0.39, 0.29) is 5.60 Å². The van der Waals surface area contributed by atoms with Crippen molar-refractivity contribution in [2.24, 2.45) is 0 Å². The van der Waals surface area contributed by atoms with E-state index in [9.17, 15) is 0 Å². The quantitative estimate of drug-likeness (QED) is 0.713. The third-order valence-electron chi connectivity index (χ3n) is 4.42. The van der Waals surface area contributed by atoms with Crippen molar-refractivity contribution in [3.8, 4) is 0 Å². The Balaban J connectivity index is 2.92. The fourth-order valence-corrected chi connectivity index (χ4v) is 3.02. The summed E-state index contributed by atoms with van der Waals surface area (Å²) in [7, 11) is 0. The molecule has 0 fully saturated rings. The number of likely N-dealkylation sites (N-methyl/N-ethyl adjacent to an activating group) is 1. The van der Waals surface area contributed by atoms with Gasteiger partial charge in [0.25, 0.3) is 0 Å². The van der Waals surface area contributed by atoms with E-state index in [0.29, 0.717) is 6.04 Å². The summed E-state index contributed by atoms with van der Waals surface area (Å²) in [4.78, 5) is 4.62. The van der Waals surface area contributed by atoms with Gasteiger partial charge in [-0.1, -0.05) is 33.8 Å². The number of nitrogens with zero attached hydrogens (tertiary/aromatic N) is 1. The Hall–Kier alpha value is -0.930. The highest BCUT2D eigenvalue weighted by Gasteiger charge is 2.36. The maximum atomic E-state index is 6.17. The van der Waals surface area contributed by atoms with Gasteiger partial charge < -0.3 is 10.1 Å². The molecule has 0 amide bonds. The molecule has 1 aromatic rings. The molecule has 0 saturated heterocycles. The third kappa shape index (κ3) is 4.79. The summed E-state index contributed by atoms with van der Waals surface area (Å²) in [5, 5.41) is 3.62. The van der Waals surface area contributed by atoms with E-state index >= 15 is 0 Å². The van der Waals surface area contributed by atoms with Gasteiger partial charge in [-0.15, -0.1) is 0 Å². The van der Waals surface area contributed by atoms with Gasteiger partial charge in [-0.3, -0.25) is 4.98 Å². The molecular formula is C18H32N2O. The number of pyridine rings is 1. The van der Waals surface area contributed by atoms with Crippen molar-refractivity contribution in [1.29, 1.82) is 0 Å².